The third-order valence-corrected chi connectivity index (χ3v) is 12.8. The number of nitrogens with two attached hydrogens (primary N) is 1. The number of hydrogen-bond acceptors (Lipinski definition) is 11. The van der Waals surface area contributed by atoms with Crippen LogP contribution in [0.1, 0.15) is 91.3 Å². The van der Waals surface area contributed by atoms with Crippen LogP contribution < -0.4 is 27.0 Å². The summed E-state index contributed by atoms with van der Waals surface area (Å²) in [5.41, 5.74) is 4.75. The smallest absolute Gasteiger partial charge is 0.315 e. The van der Waals surface area contributed by atoms with Gasteiger partial charge in [-0.3, -0.25) is 33.2 Å². The first kappa shape index (κ1) is 40.2. The number of anilines is 1. The average Bonchev–Trinajstić information content (AvgIpc) is 3.64. The fourth-order valence-electron chi connectivity index (χ4n) is 6.88. The Morgan fingerprint density at radius 3 is 2.04 bits per heavy atom. The van der Waals surface area contributed by atoms with Gasteiger partial charge in [-0.25, -0.2) is 4.79 Å². The lowest BCUT2D eigenvalue weighted by Crippen LogP contribution is -2.41. The van der Waals surface area contributed by atoms with Crippen LogP contribution in [0.25, 0.3) is 10.8 Å². The van der Waals surface area contributed by atoms with Crippen LogP contribution in [0.2, 0.25) is 0 Å². The molecule has 8 N–H and O–H groups in total. The molecule has 3 aliphatic rings. The predicted molar refractivity (Wildman–Crippen MR) is 196 cm³/mol. The number of unbranched alkanes of at least 4 members (excludes halogenated alkanes) is 5. The molecule has 2 fully saturated rings. The summed E-state index contributed by atoms with van der Waals surface area (Å²) in [7, 11) is -9.83. The molecule has 0 unspecified atom stereocenters. The lowest BCUT2D eigenvalue weighted by atomic mass is 9.93. The van der Waals surface area contributed by atoms with Crippen molar-refractivity contribution in [2.75, 3.05) is 31.1 Å². The molecule has 2 aromatic carbocycles. The SMILES string of the molecule is Nc1c(S(=O)(=O)O)cc2c3c(cc(S(=O)(=O)O)cc13)C(=O)N(CCCCCNC(=O)CCCCCNC(=O)CCCC[C@@H]1SC[C@@H]3NC(=O)N[C@@H]31)C2=O. The Hall–Kier alpha value is -3.98. The maximum atomic E-state index is 13.4. The van der Waals surface area contributed by atoms with Crippen molar-refractivity contribution in [1.82, 2.24) is 26.2 Å². The molecule has 0 aromatic heterocycles. The Morgan fingerprint density at radius 1 is 0.811 bits per heavy atom. The number of thioether (sulfide) groups is 1. The molecule has 0 radical (unpaired) electrons. The van der Waals surface area contributed by atoms with Crippen LogP contribution in [-0.2, 0) is 29.8 Å². The number of imide groups is 1. The molecule has 3 atom stereocenters. The molecule has 2 saturated heterocycles. The highest BCUT2D eigenvalue weighted by atomic mass is 32.2. The first-order valence-electron chi connectivity index (χ1n) is 17.5. The number of nitrogens with zero attached hydrogens (tertiary/aromatic N) is 1. The molecule has 3 aliphatic heterocycles. The minimum Gasteiger partial charge on any atom is -0.397 e. The quantitative estimate of drug-likeness (QED) is 0.0354. The number of amides is 6. The van der Waals surface area contributed by atoms with Gasteiger partial charge < -0.3 is 27.0 Å². The number of hydrogen-bond donors (Lipinski definition) is 7. The van der Waals surface area contributed by atoms with Crippen molar-refractivity contribution in [2.24, 2.45) is 0 Å². The molecule has 0 saturated carbocycles. The topological polar surface area (TPSA) is 271 Å². The number of carbonyl (C=O) groups excluding carboxylic acids is 5. The van der Waals surface area contributed by atoms with E-state index in [2.05, 4.69) is 21.3 Å². The number of rotatable bonds is 19. The van der Waals surface area contributed by atoms with E-state index in [1.807, 2.05) is 11.8 Å². The second-order valence-corrected chi connectivity index (χ2v) is 17.5. The summed E-state index contributed by atoms with van der Waals surface area (Å²) in [6.45, 7) is 0.796. The molecule has 17 nitrogen and oxygen atoms in total. The van der Waals surface area contributed by atoms with Gasteiger partial charge in [-0.2, -0.15) is 28.6 Å². The van der Waals surface area contributed by atoms with Crippen molar-refractivity contribution in [1.29, 1.82) is 0 Å². The van der Waals surface area contributed by atoms with Crippen molar-refractivity contribution in [3.63, 3.8) is 0 Å². The van der Waals surface area contributed by atoms with Crippen LogP contribution in [0.4, 0.5) is 10.5 Å². The van der Waals surface area contributed by atoms with Crippen LogP contribution in [0.3, 0.4) is 0 Å². The van der Waals surface area contributed by atoms with Crippen LogP contribution >= 0.6 is 11.8 Å². The highest BCUT2D eigenvalue weighted by Crippen LogP contribution is 2.39. The van der Waals surface area contributed by atoms with Crippen molar-refractivity contribution < 1.29 is 49.9 Å². The van der Waals surface area contributed by atoms with Gasteiger partial charge >= 0.3 is 6.03 Å². The van der Waals surface area contributed by atoms with Gasteiger partial charge in [0.2, 0.25) is 11.8 Å². The standard InChI is InChI=1S/C33H44N6O11S3/c34-29-20-15-19(52(45,46)47)16-21-28(20)22(17-25(29)53(48,49)50)32(43)39(31(21)42)14-8-2-7-13-36-26(40)10-3-1-6-12-35-27(41)11-5-4-9-24-30-23(18-51-24)37-33(44)38-30/h15-17,23-24,30H,1-14,18,34H2,(H,35,41)(H,36,40)(H2,37,38,44)(H,45,46,47)(H,48,49,50)/t23-,24-,30-/m0/s1. The summed E-state index contributed by atoms with van der Waals surface area (Å²) in [5.74, 6) is -0.925. The molecular formula is C33H44N6O11S3. The van der Waals surface area contributed by atoms with Crippen LogP contribution in [0.5, 0.6) is 0 Å². The summed E-state index contributed by atoms with van der Waals surface area (Å²) in [6, 6.07) is 2.82. The molecule has 53 heavy (non-hydrogen) atoms. The zero-order valence-electron chi connectivity index (χ0n) is 28.9. The number of nitrogens with one attached hydrogen (secondary N) is 4. The second-order valence-electron chi connectivity index (χ2n) is 13.4. The highest BCUT2D eigenvalue weighted by Gasteiger charge is 2.42. The normalized spacial score (nSPS) is 19.6. The summed E-state index contributed by atoms with van der Waals surface area (Å²) in [6.07, 6.45) is 6.98. The third kappa shape index (κ3) is 9.77. The summed E-state index contributed by atoms with van der Waals surface area (Å²) in [5, 5.41) is 11.6. The maximum Gasteiger partial charge on any atom is 0.315 e. The van der Waals surface area contributed by atoms with Crippen molar-refractivity contribution in [2.45, 2.75) is 97.8 Å². The molecule has 5 rings (SSSR count). The monoisotopic (exact) mass is 796 g/mol. The lowest BCUT2D eigenvalue weighted by molar-refractivity contribution is -0.122. The molecule has 0 aliphatic carbocycles. The zero-order chi connectivity index (χ0) is 38.5. The predicted octanol–water partition coefficient (Wildman–Crippen LogP) is 2.20. The number of benzene rings is 2. The number of nitrogen functional groups attached to an aromatic ring is 1. The van der Waals surface area contributed by atoms with Gasteiger partial charge in [0.1, 0.15) is 4.90 Å². The Morgan fingerprint density at radius 2 is 1.42 bits per heavy atom. The Bertz CT molecular complexity index is 1990. The highest BCUT2D eigenvalue weighted by molar-refractivity contribution is 8.00. The first-order valence-corrected chi connectivity index (χ1v) is 21.4. The molecule has 20 heteroatoms. The summed E-state index contributed by atoms with van der Waals surface area (Å²) in [4.78, 5) is 61.9. The molecule has 0 bridgehead atoms. The first-order chi connectivity index (χ1) is 25.1. The van der Waals surface area contributed by atoms with Gasteiger partial charge in [-0.05, 0) is 63.1 Å². The van der Waals surface area contributed by atoms with Gasteiger partial charge in [0.05, 0.1) is 33.8 Å². The van der Waals surface area contributed by atoms with Crippen LogP contribution in [-0.4, -0.2) is 103 Å². The van der Waals surface area contributed by atoms with E-state index in [1.54, 1.807) is 0 Å². The van der Waals surface area contributed by atoms with Crippen molar-refractivity contribution >= 4 is 78.1 Å². The number of fused-ring (bicyclic) bond motifs is 1. The van der Waals surface area contributed by atoms with Gasteiger partial charge in [0, 0.05) is 54.3 Å². The van der Waals surface area contributed by atoms with Gasteiger partial charge in [0.15, 0.2) is 0 Å². The summed E-state index contributed by atoms with van der Waals surface area (Å²) >= 11 is 1.86. The Balaban J connectivity index is 0.962. The Kier molecular flexibility index (Phi) is 12.9. The molecule has 0 spiro atoms. The number of carbonyl (C=O) groups is 5. The van der Waals surface area contributed by atoms with E-state index in [0.717, 1.165) is 61.0 Å². The van der Waals surface area contributed by atoms with Crippen LogP contribution in [0.15, 0.2) is 28.0 Å². The minimum atomic E-state index is -4.96. The van der Waals surface area contributed by atoms with Gasteiger partial charge in [-0.15, -0.1) is 0 Å². The van der Waals surface area contributed by atoms with E-state index in [0.29, 0.717) is 56.9 Å². The van der Waals surface area contributed by atoms with Crippen LogP contribution in [0, 0.1) is 0 Å². The molecule has 2 aromatic rings. The minimum absolute atomic E-state index is 0.00879. The fourth-order valence-corrected chi connectivity index (χ4v) is 9.62. The van der Waals surface area contributed by atoms with Gasteiger partial charge in [-0.1, -0.05) is 12.8 Å². The van der Waals surface area contributed by atoms with E-state index in [-0.39, 0.29) is 58.4 Å². The summed E-state index contributed by atoms with van der Waals surface area (Å²) < 4.78 is 67.2. The zero-order valence-corrected chi connectivity index (χ0v) is 31.3. The van der Waals surface area contributed by atoms with Gasteiger partial charge in [0.25, 0.3) is 32.1 Å². The largest absolute Gasteiger partial charge is 0.397 e. The van der Waals surface area contributed by atoms with E-state index >= 15 is 0 Å². The molecule has 290 valence electrons. The Labute approximate surface area is 311 Å². The second kappa shape index (κ2) is 17.0. The van der Waals surface area contributed by atoms with E-state index in [4.69, 9.17) is 5.73 Å². The average molecular weight is 797 g/mol. The van der Waals surface area contributed by atoms with E-state index in [9.17, 15) is 49.9 Å². The van der Waals surface area contributed by atoms with Crippen molar-refractivity contribution in [3.8, 4) is 0 Å². The third-order valence-electron chi connectivity index (χ3n) is 9.60. The molecule has 3 heterocycles. The van der Waals surface area contributed by atoms with Crippen molar-refractivity contribution in [3.05, 3.63) is 29.3 Å². The lowest BCUT2D eigenvalue weighted by Gasteiger charge is -2.28. The van der Waals surface area contributed by atoms with E-state index in [1.165, 1.54) is 0 Å². The van der Waals surface area contributed by atoms with E-state index < -0.39 is 47.5 Å². The molecule has 6 amide bonds. The molecular weight excluding hydrogens is 753 g/mol. The maximum absolute atomic E-state index is 13.4. The number of urea groups is 1. The fraction of sp³-hybridized carbons (Fsp3) is 0.545.